The van der Waals surface area contributed by atoms with E-state index in [4.69, 9.17) is 5.73 Å². The third-order valence-electron chi connectivity index (χ3n) is 1.92. The predicted octanol–water partition coefficient (Wildman–Crippen LogP) is 2.09. The summed E-state index contributed by atoms with van der Waals surface area (Å²) in [6, 6.07) is 0. The molecular formula is C7H16ClN. The number of hydrogen-bond acceptors (Lipinski definition) is 1. The Bertz CT molecular complexity index is 79.0. The third kappa shape index (κ3) is 3.07. The molecule has 0 aromatic heterocycles. The molecule has 1 nitrogen and oxygen atoms in total. The Morgan fingerprint density at radius 3 is 2.33 bits per heavy atom. The summed E-state index contributed by atoms with van der Waals surface area (Å²) in [5.74, 6) is 0. The van der Waals surface area contributed by atoms with Gasteiger partial charge in [-0.15, -0.1) is 12.4 Å². The van der Waals surface area contributed by atoms with Crippen molar-refractivity contribution in [3.8, 4) is 0 Å². The minimum atomic E-state index is 0. The molecular weight excluding hydrogens is 134 g/mol. The van der Waals surface area contributed by atoms with Gasteiger partial charge in [0.2, 0.25) is 0 Å². The molecule has 1 saturated carbocycles. The SMILES string of the molecule is CCCCC1(N)CC1.Cl. The van der Waals surface area contributed by atoms with E-state index in [0.717, 1.165) is 0 Å². The van der Waals surface area contributed by atoms with Gasteiger partial charge in [0.1, 0.15) is 0 Å². The number of rotatable bonds is 3. The highest BCUT2D eigenvalue weighted by Gasteiger charge is 2.36. The normalized spacial score (nSPS) is 20.7. The zero-order valence-electron chi connectivity index (χ0n) is 6.02. The van der Waals surface area contributed by atoms with E-state index in [1.54, 1.807) is 0 Å². The van der Waals surface area contributed by atoms with E-state index in [2.05, 4.69) is 6.92 Å². The van der Waals surface area contributed by atoms with Crippen LogP contribution in [0.1, 0.15) is 39.0 Å². The van der Waals surface area contributed by atoms with Crippen molar-refractivity contribution in [3.63, 3.8) is 0 Å². The minimum absolute atomic E-state index is 0. The Morgan fingerprint density at radius 1 is 1.44 bits per heavy atom. The zero-order valence-corrected chi connectivity index (χ0v) is 6.84. The Balaban J connectivity index is 0.000000640. The standard InChI is InChI=1S/C7H15N.ClH/c1-2-3-4-7(8)5-6-7;/h2-6,8H2,1H3;1H. The van der Waals surface area contributed by atoms with Crippen LogP contribution in [0.5, 0.6) is 0 Å². The van der Waals surface area contributed by atoms with E-state index < -0.39 is 0 Å². The molecule has 1 aliphatic rings. The van der Waals surface area contributed by atoms with Crippen molar-refractivity contribution in [2.45, 2.75) is 44.6 Å². The summed E-state index contributed by atoms with van der Waals surface area (Å²) in [6.45, 7) is 2.21. The van der Waals surface area contributed by atoms with Gasteiger partial charge in [0, 0.05) is 5.54 Å². The van der Waals surface area contributed by atoms with Gasteiger partial charge in [0.15, 0.2) is 0 Å². The van der Waals surface area contributed by atoms with Crippen molar-refractivity contribution < 1.29 is 0 Å². The topological polar surface area (TPSA) is 26.0 Å². The Hall–Kier alpha value is 0.250. The third-order valence-corrected chi connectivity index (χ3v) is 1.92. The molecule has 0 aromatic carbocycles. The molecule has 0 unspecified atom stereocenters. The fourth-order valence-corrected chi connectivity index (χ4v) is 0.939. The van der Waals surface area contributed by atoms with Crippen molar-refractivity contribution in [2.24, 2.45) is 5.73 Å². The fraction of sp³-hybridized carbons (Fsp3) is 1.00. The molecule has 0 bridgehead atoms. The number of nitrogens with two attached hydrogens (primary N) is 1. The van der Waals surface area contributed by atoms with Crippen LogP contribution in [0.4, 0.5) is 0 Å². The van der Waals surface area contributed by atoms with Crippen LogP contribution in [-0.2, 0) is 0 Å². The van der Waals surface area contributed by atoms with Gasteiger partial charge >= 0.3 is 0 Å². The lowest BCUT2D eigenvalue weighted by atomic mass is 10.1. The summed E-state index contributed by atoms with van der Waals surface area (Å²) in [6.07, 6.45) is 6.40. The summed E-state index contributed by atoms with van der Waals surface area (Å²) < 4.78 is 0. The van der Waals surface area contributed by atoms with E-state index in [1.807, 2.05) is 0 Å². The summed E-state index contributed by atoms with van der Waals surface area (Å²) in [5, 5.41) is 0. The molecule has 0 aromatic rings. The van der Waals surface area contributed by atoms with Gasteiger partial charge in [-0.05, 0) is 19.3 Å². The molecule has 1 fully saturated rings. The molecule has 0 aliphatic heterocycles. The largest absolute Gasteiger partial charge is 0.325 e. The lowest BCUT2D eigenvalue weighted by Gasteiger charge is -2.04. The highest BCUT2D eigenvalue weighted by molar-refractivity contribution is 5.85. The first-order valence-corrected chi connectivity index (χ1v) is 3.56. The molecule has 1 aliphatic carbocycles. The second-order valence-corrected chi connectivity index (χ2v) is 2.97. The van der Waals surface area contributed by atoms with Crippen LogP contribution in [0.3, 0.4) is 0 Å². The van der Waals surface area contributed by atoms with E-state index in [-0.39, 0.29) is 12.4 Å². The van der Waals surface area contributed by atoms with Crippen LogP contribution < -0.4 is 5.73 Å². The summed E-state index contributed by atoms with van der Waals surface area (Å²) >= 11 is 0. The van der Waals surface area contributed by atoms with Gasteiger partial charge in [-0.25, -0.2) is 0 Å². The number of unbranched alkanes of at least 4 members (excludes halogenated alkanes) is 1. The lowest BCUT2D eigenvalue weighted by molar-refractivity contribution is 0.569. The molecule has 0 radical (unpaired) electrons. The van der Waals surface area contributed by atoms with Crippen LogP contribution in [0.2, 0.25) is 0 Å². The summed E-state index contributed by atoms with van der Waals surface area (Å²) in [7, 11) is 0. The van der Waals surface area contributed by atoms with Gasteiger partial charge in [-0.1, -0.05) is 19.8 Å². The van der Waals surface area contributed by atoms with E-state index in [0.29, 0.717) is 5.54 Å². The molecule has 0 heterocycles. The van der Waals surface area contributed by atoms with Crippen molar-refractivity contribution >= 4 is 12.4 Å². The summed E-state index contributed by atoms with van der Waals surface area (Å²) in [4.78, 5) is 0. The maximum Gasteiger partial charge on any atom is 0.0155 e. The Kier molecular flexibility index (Phi) is 3.52. The molecule has 1 rings (SSSR count). The Labute approximate surface area is 63.4 Å². The monoisotopic (exact) mass is 149 g/mol. The zero-order chi connectivity index (χ0) is 6.04. The number of hydrogen-bond donors (Lipinski definition) is 1. The van der Waals surface area contributed by atoms with Crippen LogP contribution >= 0.6 is 12.4 Å². The van der Waals surface area contributed by atoms with Crippen molar-refractivity contribution in [2.75, 3.05) is 0 Å². The number of halogens is 1. The van der Waals surface area contributed by atoms with Crippen molar-refractivity contribution in [3.05, 3.63) is 0 Å². The van der Waals surface area contributed by atoms with Crippen LogP contribution in [0.15, 0.2) is 0 Å². The first-order chi connectivity index (χ1) is 3.77. The average molecular weight is 150 g/mol. The van der Waals surface area contributed by atoms with Gasteiger partial charge < -0.3 is 5.73 Å². The smallest absolute Gasteiger partial charge is 0.0155 e. The molecule has 2 heteroatoms. The molecule has 56 valence electrons. The van der Waals surface area contributed by atoms with E-state index in [1.165, 1.54) is 32.1 Å². The highest BCUT2D eigenvalue weighted by Crippen LogP contribution is 2.36. The Morgan fingerprint density at radius 2 is 2.00 bits per heavy atom. The minimum Gasteiger partial charge on any atom is -0.325 e. The van der Waals surface area contributed by atoms with E-state index in [9.17, 15) is 0 Å². The molecule has 0 amide bonds. The van der Waals surface area contributed by atoms with E-state index >= 15 is 0 Å². The van der Waals surface area contributed by atoms with Crippen molar-refractivity contribution in [1.82, 2.24) is 0 Å². The average Bonchev–Trinajstić information content (AvgIpc) is 2.45. The van der Waals surface area contributed by atoms with Crippen LogP contribution in [0.25, 0.3) is 0 Å². The first-order valence-electron chi connectivity index (χ1n) is 3.56. The quantitative estimate of drug-likeness (QED) is 0.654. The first kappa shape index (κ1) is 9.25. The maximum absolute atomic E-state index is 5.83. The van der Waals surface area contributed by atoms with Crippen LogP contribution in [0, 0.1) is 0 Å². The highest BCUT2D eigenvalue weighted by atomic mass is 35.5. The lowest BCUT2D eigenvalue weighted by Crippen LogP contribution is -2.20. The fourth-order valence-electron chi connectivity index (χ4n) is 0.939. The second kappa shape index (κ2) is 3.43. The molecule has 0 spiro atoms. The van der Waals surface area contributed by atoms with Crippen LogP contribution in [-0.4, -0.2) is 5.54 Å². The van der Waals surface area contributed by atoms with Crippen molar-refractivity contribution in [1.29, 1.82) is 0 Å². The molecule has 0 saturated heterocycles. The van der Waals surface area contributed by atoms with Gasteiger partial charge in [-0.2, -0.15) is 0 Å². The van der Waals surface area contributed by atoms with Gasteiger partial charge in [0.25, 0.3) is 0 Å². The maximum atomic E-state index is 5.83. The van der Waals surface area contributed by atoms with Gasteiger partial charge in [-0.3, -0.25) is 0 Å². The summed E-state index contributed by atoms with van der Waals surface area (Å²) in [5.41, 5.74) is 6.13. The predicted molar refractivity (Wildman–Crippen MR) is 42.9 cm³/mol. The van der Waals surface area contributed by atoms with Gasteiger partial charge in [0.05, 0.1) is 0 Å². The molecule has 0 atom stereocenters. The molecule has 9 heavy (non-hydrogen) atoms. The second-order valence-electron chi connectivity index (χ2n) is 2.97. The molecule has 2 N–H and O–H groups in total.